The van der Waals surface area contributed by atoms with Crippen LogP contribution >= 0.6 is 11.6 Å². The molecule has 2 aromatic carbocycles. The predicted molar refractivity (Wildman–Crippen MR) is 113 cm³/mol. The first-order chi connectivity index (χ1) is 14.3. The van der Waals surface area contributed by atoms with Crippen molar-refractivity contribution in [2.75, 3.05) is 18.5 Å². The molecule has 1 aliphatic heterocycles. The summed E-state index contributed by atoms with van der Waals surface area (Å²) in [6, 6.07) is 13.9. The van der Waals surface area contributed by atoms with Crippen molar-refractivity contribution in [1.82, 2.24) is 4.90 Å². The number of carbonyl (C=O) groups is 3. The number of likely N-dealkylation sites (tertiary alicyclic amines) is 1. The average Bonchev–Trinajstić information content (AvgIpc) is 3.11. The molecule has 0 bridgehead atoms. The van der Waals surface area contributed by atoms with Gasteiger partial charge in [-0.2, -0.15) is 0 Å². The molecule has 1 N–H and O–H groups in total. The van der Waals surface area contributed by atoms with E-state index in [1.807, 2.05) is 26.0 Å². The van der Waals surface area contributed by atoms with Gasteiger partial charge in [0.05, 0.1) is 10.9 Å². The Bertz CT molecular complexity index is 929. The summed E-state index contributed by atoms with van der Waals surface area (Å²) in [5.74, 6) is -0.514. The van der Waals surface area contributed by atoms with Crippen LogP contribution in [0.3, 0.4) is 0 Å². The Kier molecular flexibility index (Phi) is 6.95. The predicted octanol–water partition coefficient (Wildman–Crippen LogP) is 3.87. The lowest BCUT2D eigenvalue weighted by Gasteiger charge is -2.20. The molecule has 1 heterocycles. The van der Waals surface area contributed by atoms with Crippen molar-refractivity contribution in [3.63, 3.8) is 0 Å². The molecule has 3 rings (SSSR count). The standard InChI is InChI=1S/C22H23ClN2O5/c1-14(2)25-12-15(11-21(25)27)22(28)29-13-20(26)24-16-7-9-17(10-8-16)30-19-6-4-3-5-18(19)23/h3-10,14-15H,11-13H2,1-2H3,(H,24,26). The summed E-state index contributed by atoms with van der Waals surface area (Å²) >= 11 is 6.07. The van der Waals surface area contributed by atoms with Gasteiger partial charge in [-0.05, 0) is 50.2 Å². The second-order valence-electron chi connectivity index (χ2n) is 7.25. The Labute approximate surface area is 179 Å². The maximum atomic E-state index is 12.2. The summed E-state index contributed by atoms with van der Waals surface area (Å²) < 4.78 is 10.8. The lowest BCUT2D eigenvalue weighted by atomic mass is 10.1. The smallest absolute Gasteiger partial charge is 0.311 e. The molecule has 0 aliphatic carbocycles. The fraction of sp³-hybridized carbons (Fsp3) is 0.318. The highest BCUT2D eigenvalue weighted by atomic mass is 35.5. The Morgan fingerprint density at radius 3 is 2.50 bits per heavy atom. The molecule has 8 heteroatoms. The van der Waals surface area contributed by atoms with Gasteiger partial charge in [0, 0.05) is 24.7 Å². The van der Waals surface area contributed by atoms with E-state index in [0.717, 1.165) is 0 Å². The van der Waals surface area contributed by atoms with Crippen LogP contribution in [0.25, 0.3) is 0 Å². The zero-order chi connectivity index (χ0) is 21.7. The maximum Gasteiger partial charge on any atom is 0.311 e. The summed E-state index contributed by atoms with van der Waals surface area (Å²) in [6.45, 7) is 3.70. The molecular formula is C22H23ClN2O5. The van der Waals surface area contributed by atoms with Crippen molar-refractivity contribution in [2.24, 2.45) is 5.92 Å². The van der Waals surface area contributed by atoms with Crippen LogP contribution < -0.4 is 10.1 Å². The van der Waals surface area contributed by atoms with Crippen molar-refractivity contribution in [1.29, 1.82) is 0 Å². The number of benzene rings is 2. The molecule has 2 amide bonds. The van der Waals surface area contributed by atoms with Gasteiger partial charge in [0.15, 0.2) is 6.61 Å². The molecule has 1 fully saturated rings. The summed E-state index contributed by atoms with van der Waals surface area (Å²) in [4.78, 5) is 37.8. The number of nitrogens with one attached hydrogen (secondary N) is 1. The normalized spacial score (nSPS) is 15.9. The van der Waals surface area contributed by atoms with Gasteiger partial charge in [-0.15, -0.1) is 0 Å². The van der Waals surface area contributed by atoms with Gasteiger partial charge in [-0.25, -0.2) is 0 Å². The third-order valence-electron chi connectivity index (χ3n) is 4.66. The van der Waals surface area contributed by atoms with Crippen molar-refractivity contribution < 1.29 is 23.9 Å². The molecule has 0 spiro atoms. The van der Waals surface area contributed by atoms with E-state index in [0.29, 0.717) is 28.8 Å². The zero-order valence-electron chi connectivity index (χ0n) is 16.8. The van der Waals surface area contributed by atoms with Crippen LogP contribution in [0.5, 0.6) is 11.5 Å². The second-order valence-corrected chi connectivity index (χ2v) is 7.66. The van der Waals surface area contributed by atoms with E-state index in [-0.39, 0.29) is 18.4 Å². The summed E-state index contributed by atoms with van der Waals surface area (Å²) in [6.07, 6.45) is 0.117. The quantitative estimate of drug-likeness (QED) is 0.674. The van der Waals surface area contributed by atoms with Gasteiger partial charge in [-0.3, -0.25) is 14.4 Å². The van der Waals surface area contributed by atoms with Crippen LogP contribution in [0.4, 0.5) is 5.69 Å². The Morgan fingerprint density at radius 2 is 1.87 bits per heavy atom. The highest BCUT2D eigenvalue weighted by Gasteiger charge is 2.36. The number of amides is 2. The molecule has 0 radical (unpaired) electrons. The average molecular weight is 431 g/mol. The first-order valence-electron chi connectivity index (χ1n) is 9.62. The molecule has 1 saturated heterocycles. The van der Waals surface area contributed by atoms with E-state index < -0.39 is 24.4 Å². The topological polar surface area (TPSA) is 84.9 Å². The van der Waals surface area contributed by atoms with Gasteiger partial charge >= 0.3 is 5.97 Å². The number of anilines is 1. The SMILES string of the molecule is CC(C)N1CC(C(=O)OCC(=O)Nc2ccc(Oc3ccccc3Cl)cc2)CC1=O. The van der Waals surface area contributed by atoms with E-state index >= 15 is 0 Å². The Balaban J connectivity index is 1.46. The van der Waals surface area contributed by atoms with Crippen molar-refractivity contribution in [2.45, 2.75) is 26.3 Å². The molecule has 0 saturated carbocycles. The van der Waals surface area contributed by atoms with Gasteiger partial charge in [0.1, 0.15) is 11.5 Å². The Hall–Kier alpha value is -3.06. The number of para-hydroxylation sites is 1. The first kappa shape index (κ1) is 21.6. The number of hydrogen-bond donors (Lipinski definition) is 1. The lowest BCUT2D eigenvalue weighted by Crippen LogP contribution is -2.33. The number of nitrogens with zero attached hydrogens (tertiary/aromatic N) is 1. The minimum absolute atomic E-state index is 0.0310. The van der Waals surface area contributed by atoms with Gasteiger partial charge < -0.3 is 19.7 Å². The second kappa shape index (κ2) is 9.63. The van der Waals surface area contributed by atoms with Gasteiger partial charge in [0.2, 0.25) is 5.91 Å². The van der Waals surface area contributed by atoms with E-state index in [1.54, 1.807) is 41.3 Å². The van der Waals surface area contributed by atoms with Gasteiger partial charge in [-0.1, -0.05) is 23.7 Å². The van der Waals surface area contributed by atoms with E-state index in [4.69, 9.17) is 21.1 Å². The van der Waals surface area contributed by atoms with Crippen LogP contribution in [0.15, 0.2) is 48.5 Å². The van der Waals surface area contributed by atoms with Crippen LogP contribution in [0.2, 0.25) is 5.02 Å². The van der Waals surface area contributed by atoms with E-state index in [2.05, 4.69) is 5.32 Å². The first-order valence-corrected chi connectivity index (χ1v) is 9.99. The van der Waals surface area contributed by atoms with Crippen molar-refractivity contribution >= 4 is 35.1 Å². The third-order valence-corrected chi connectivity index (χ3v) is 4.98. The molecule has 1 aliphatic rings. The highest BCUT2D eigenvalue weighted by molar-refractivity contribution is 6.32. The number of ether oxygens (including phenoxy) is 2. The Morgan fingerprint density at radius 1 is 1.17 bits per heavy atom. The molecule has 7 nitrogen and oxygen atoms in total. The molecule has 158 valence electrons. The molecule has 30 heavy (non-hydrogen) atoms. The van der Waals surface area contributed by atoms with Crippen molar-refractivity contribution in [3.05, 3.63) is 53.6 Å². The van der Waals surface area contributed by atoms with Crippen LogP contribution in [-0.4, -0.2) is 41.9 Å². The van der Waals surface area contributed by atoms with Crippen LogP contribution in [0, 0.1) is 5.92 Å². The summed E-state index contributed by atoms with van der Waals surface area (Å²) in [5.41, 5.74) is 0.532. The number of halogens is 1. The molecular weight excluding hydrogens is 408 g/mol. The van der Waals surface area contributed by atoms with E-state index in [9.17, 15) is 14.4 Å². The minimum atomic E-state index is -0.537. The molecule has 1 atom stereocenters. The fourth-order valence-electron chi connectivity index (χ4n) is 3.10. The minimum Gasteiger partial charge on any atom is -0.456 e. The van der Waals surface area contributed by atoms with Crippen LogP contribution in [-0.2, 0) is 19.1 Å². The molecule has 2 aromatic rings. The number of hydrogen-bond acceptors (Lipinski definition) is 5. The number of rotatable bonds is 7. The monoisotopic (exact) mass is 430 g/mol. The van der Waals surface area contributed by atoms with Gasteiger partial charge in [0.25, 0.3) is 5.91 Å². The maximum absolute atomic E-state index is 12.2. The van der Waals surface area contributed by atoms with Crippen LogP contribution in [0.1, 0.15) is 20.3 Å². The summed E-state index contributed by atoms with van der Waals surface area (Å²) in [5, 5.41) is 3.15. The molecule has 0 aromatic heterocycles. The molecule has 1 unspecified atom stereocenters. The lowest BCUT2D eigenvalue weighted by molar-refractivity contribution is -0.151. The number of esters is 1. The van der Waals surface area contributed by atoms with Crippen molar-refractivity contribution in [3.8, 4) is 11.5 Å². The third kappa shape index (κ3) is 5.51. The van der Waals surface area contributed by atoms with E-state index in [1.165, 1.54) is 0 Å². The largest absolute Gasteiger partial charge is 0.456 e. The highest BCUT2D eigenvalue weighted by Crippen LogP contribution is 2.29. The fourth-order valence-corrected chi connectivity index (χ4v) is 3.28. The zero-order valence-corrected chi connectivity index (χ0v) is 17.5. The number of carbonyl (C=O) groups excluding carboxylic acids is 3. The summed E-state index contributed by atoms with van der Waals surface area (Å²) in [7, 11) is 0.